The lowest BCUT2D eigenvalue weighted by molar-refractivity contribution is 1.58. The van der Waals surface area contributed by atoms with Crippen molar-refractivity contribution < 1.29 is 0 Å². The van der Waals surface area contributed by atoms with Crippen molar-refractivity contribution in [3.63, 3.8) is 0 Å². The second-order valence-corrected chi connectivity index (χ2v) is 1.79. The van der Waals surface area contributed by atoms with Crippen LogP contribution >= 0.6 is 22.6 Å². The Bertz CT molecular complexity index is 3.25. The Balaban J connectivity index is 0. The highest BCUT2D eigenvalue weighted by Gasteiger charge is 1.38. The minimum absolute atomic E-state index is 0. The molecule has 0 atom stereocenters. The average molecular weight is 167 g/mol. The summed E-state index contributed by atoms with van der Waals surface area (Å²) in [6.45, 7) is 2.11. The van der Waals surface area contributed by atoms with Crippen molar-refractivity contribution in [3.05, 3.63) is 7.43 Å². The maximum absolute atomic E-state index is 2.29. The summed E-state index contributed by atoms with van der Waals surface area (Å²) in [4.78, 5) is 0. The van der Waals surface area contributed by atoms with Gasteiger partial charge in [-0.1, -0.05) is 29.5 Å². The Kier molecular flexibility index (Phi) is 20.5. The molecular weight excluding hydrogens is 162 g/mol. The van der Waals surface area contributed by atoms with Crippen molar-refractivity contribution >= 4 is 22.6 Å². The first-order chi connectivity index (χ1) is 1.41. The van der Waals surface area contributed by atoms with Crippen LogP contribution in [0.25, 0.3) is 0 Å². The molecule has 0 unspecified atom stereocenters. The molecule has 0 amide bonds. The lowest BCUT2D eigenvalue weighted by Crippen LogP contribution is -1.33. The van der Waals surface area contributed by atoms with Crippen LogP contribution in [-0.4, -0.2) is 4.43 Å². The highest BCUT2D eigenvalue weighted by atomic mass is 127. The topological polar surface area (TPSA) is 0 Å². The number of hydrogen-bond donors (Lipinski definition) is 0. The number of halogens is 1. The van der Waals surface area contributed by atoms with Gasteiger partial charge in [0.2, 0.25) is 0 Å². The van der Waals surface area contributed by atoms with Gasteiger partial charge in [0.1, 0.15) is 0 Å². The maximum atomic E-state index is 2.29. The fourth-order valence-corrected chi connectivity index (χ4v) is 0. The summed E-state index contributed by atoms with van der Waals surface area (Å²) in [5, 5.41) is 0. The molecule has 4 radical (unpaired) electrons. The van der Waals surface area contributed by atoms with Crippen LogP contribution in [0.15, 0.2) is 0 Å². The molecule has 0 fully saturated rings. The summed E-state index contributed by atoms with van der Waals surface area (Å²) in [6, 6.07) is 0. The van der Waals surface area contributed by atoms with Gasteiger partial charge in [0.15, 0.2) is 0 Å². The first-order valence-electron chi connectivity index (χ1n) is 0.974. The predicted octanol–water partition coefficient (Wildman–Crippen LogP) is 1.52. The van der Waals surface area contributed by atoms with Crippen LogP contribution in [0.4, 0.5) is 0 Å². The number of rotatable bonds is 0. The van der Waals surface area contributed by atoms with Crippen molar-refractivity contribution in [2.24, 2.45) is 0 Å². The Morgan fingerprint density at radius 2 is 1.75 bits per heavy atom. The highest BCUT2D eigenvalue weighted by Crippen LogP contribution is 1.69. The predicted molar refractivity (Wildman–Crippen MR) is 27.8 cm³/mol. The largest absolute Gasteiger partial charge is 0.0867 e. The molecule has 0 nitrogen and oxygen atoms in total. The van der Waals surface area contributed by atoms with Crippen molar-refractivity contribution in [2.45, 2.75) is 6.92 Å². The van der Waals surface area contributed by atoms with E-state index in [2.05, 4.69) is 29.5 Å². The molecule has 0 aliphatic heterocycles. The van der Waals surface area contributed by atoms with E-state index in [1.54, 1.807) is 0 Å². The molecule has 4 heavy (non-hydrogen) atoms. The Hall–Kier alpha value is 0.730. The molecule has 0 N–H and O–H groups in total. The van der Waals surface area contributed by atoms with E-state index in [0.717, 1.165) is 0 Å². The minimum Gasteiger partial charge on any atom is -0.0867 e. The van der Waals surface area contributed by atoms with Gasteiger partial charge in [0.25, 0.3) is 0 Å². The van der Waals surface area contributed by atoms with Gasteiger partial charge in [-0.3, -0.25) is 0 Å². The van der Waals surface area contributed by atoms with Crippen molar-refractivity contribution in [1.82, 2.24) is 0 Å². The summed E-state index contributed by atoms with van der Waals surface area (Å²) < 4.78 is 1.22. The average Bonchev–Trinajstić information content (AvgIpc) is 0.918. The van der Waals surface area contributed by atoms with Crippen LogP contribution < -0.4 is 0 Å². The van der Waals surface area contributed by atoms with Gasteiger partial charge < -0.3 is 0 Å². The zero-order valence-corrected chi connectivity index (χ0v) is 4.74. The van der Waals surface area contributed by atoms with Crippen LogP contribution in [0.2, 0.25) is 0 Å². The van der Waals surface area contributed by atoms with E-state index in [-0.39, 0.29) is 7.43 Å². The quantitative estimate of drug-likeness (QED) is 0.379. The second kappa shape index (κ2) is 9.29. The van der Waals surface area contributed by atoms with Crippen LogP contribution in [0.1, 0.15) is 6.92 Å². The molecule has 0 aliphatic rings. The van der Waals surface area contributed by atoms with Crippen molar-refractivity contribution in [1.29, 1.82) is 0 Å². The molecule has 1 heteroatoms. The van der Waals surface area contributed by atoms with Crippen molar-refractivity contribution in [3.8, 4) is 0 Å². The third-order valence-corrected chi connectivity index (χ3v) is 0. The molecule has 0 saturated carbocycles. The smallest absolute Gasteiger partial charge is 0 e. The molecule has 0 aromatic rings. The zero-order chi connectivity index (χ0) is 2.71. The van der Waals surface area contributed by atoms with E-state index in [4.69, 9.17) is 0 Å². The van der Waals surface area contributed by atoms with E-state index in [1.807, 2.05) is 0 Å². The summed E-state index contributed by atoms with van der Waals surface area (Å²) in [6.07, 6.45) is 0. The molecule has 0 bridgehead atoms. The van der Waals surface area contributed by atoms with Gasteiger partial charge in [-0.05, 0) is 4.43 Å². The Labute approximate surface area is 41.7 Å². The monoisotopic (exact) mass is 167 g/mol. The molecule has 0 spiro atoms. The van der Waals surface area contributed by atoms with Gasteiger partial charge in [-0.15, -0.1) is 0 Å². The summed E-state index contributed by atoms with van der Waals surface area (Å²) >= 11 is 2.29. The van der Waals surface area contributed by atoms with Crippen LogP contribution in [0, 0.1) is 7.43 Å². The normalized spacial score (nSPS) is 4.50. The molecular formula is C3H5I. The van der Waals surface area contributed by atoms with Gasteiger partial charge in [0, 0.05) is 7.43 Å². The maximum Gasteiger partial charge on any atom is 0 e. The molecule has 0 rings (SSSR count). The molecule has 0 aliphatic carbocycles. The number of hydrogen-bond acceptors (Lipinski definition) is 0. The molecule has 0 heterocycles. The lowest BCUT2D eigenvalue weighted by Gasteiger charge is -1.45. The number of alkyl halides is 1. The van der Waals surface area contributed by atoms with Gasteiger partial charge >= 0.3 is 0 Å². The second-order valence-electron chi connectivity index (χ2n) is 0.267. The molecule has 24 valence electrons. The van der Waals surface area contributed by atoms with E-state index in [1.165, 1.54) is 4.43 Å². The molecule has 0 saturated heterocycles. The first kappa shape index (κ1) is 8.83. The van der Waals surface area contributed by atoms with Crippen LogP contribution in [-0.2, 0) is 0 Å². The Morgan fingerprint density at radius 1 is 1.75 bits per heavy atom. The van der Waals surface area contributed by atoms with E-state index < -0.39 is 0 Å². The van der Waals surface area contributed by atoms with E-state index in [0.29, 0.717) is 0 Å². The summed E-state index contributed by atoms with van der Waals surface area (Å²) in [5.41, 5.74) is 0. The van der Waals surface area contributed by atoms with Gasteiger partial charge in [-0.2, -0.15) is 0 Å². The van der Waals surface area contributed by atoms with Gasteiger partial charge in [0.05, 0.1) is 0 Å². The Morgan fingerprint density at radius 3 is 1.75 bits per heavy atom. The fourth-order valence-electron chi connectivity index (χ4n) is 0. The highest BCUT2D eigenvalue weighted by molar-refractivity contribution is 14.1. The zero-order valence-electron chi connectivity index (χ0n) is 2.59. The fraction of sp³-hybridized carbons (Fsp3) is 0.667. The molecule has 0 aromatic carbocycles. The van der Waals surface area contributed by atoms with Gasteiger partial charge in [-0.25, -0.2) is 0 Å². The lowest BCUT2D eigenvalue weighted by atomic mass is 11.0. The van der Waals surface area contributed by atoms with E-state index in [9.17, 15) is 0 Å². The third-order valence-electron chi connectivity index (χ3n) is 0. The summed E-state index contributed by atoms with van der Waals surface area (Å²) in [5.74, 6) is 0. The third kappa shape index (κ3) is 15.3. The minimum atomic E-state index is 0. The van der Waals surface area contributed by atoms with E-state index >= 15 is 0 Å². The SMILES string of the molecule is CCI.[11C]. The van der Waals surface area contributed by atoms with Crippen LogP contribution in [0.5, 0.6) is 0 Å². The van der Waals surface area contributed by atoms with Crippen molar-refractivity contribution in [2.75, 3.05) is 4.43 Å². The van der Waals surface area contributed by atoms with Crippen LogP contribution in [0.3, 0.4) is 0 Å². The first-order valence-corrected chi connectivity index (χ1v) is 2.50. The standard InChI is InChI=1S/C2H5I.C/c1-2-3;/h2H2,1H3;/i;1-1. The summed E-state index contributed by atoms with van der Waals surface area (Å²) in [7, 11) is 0. The molecule has 0 aromatic heterocycles.